The van der Waals surface area contributed by atoms with Crippen LogP contribution in [0.4, 0.5) is 4.39 Å². The van der Waals surface area contributed by atoms with Crippen molar-refractivity contribution in [1.29, 1.82) is 0 Å². The first kappa shape index (κ1) is 14.4. The summed E-state index contributed by atoms with van der Waals surface area (Å²) in [6, 6.07) is 6.02. The van der Waals surface area contributed by atoms with Crippen LogP contribution in [0.3, 0.4) is 0 Å². The molecule has 0 unspecified atom stereocenters. The Morgan fingerprint density at radius 2 is 1.95 bits per heavy atom. The highest BCUT2D eigenvalue weighted by Gasteiger charge is 2.68. The minimum Gasteiger partial charge on any atom is -0.330 e. The van der Waals surface area contributed by atoms with E-state index in [9.17, 15) is 12.8 Å². The van der Waals surface area contributed by atoms with Crippen LogP contribution >= 0.6 is 0 Å². The highest BCUT2D eigenvalue weighted by molar-refractivity contribution is 7.92. The number of sulfone groups is 1. The maximum absolute atomic E-state index is 13.3. The van der Waals surface area contributed by atoms with Crippen LogP contribution < -0.4 is 11.5 Å². The predicted molar refractivity (Wildman–Crippen MR) is 72.9 cm³/mol. The van der Waals surface area contributed by atoms with Crippen molar-refractivity contribution in [3.8, 4) is 0 Å². The second-order valence-corrected chi connectivity index (χ2v) is 7.46. The fourth-order valence-electron chi connectivity index (χ4n) is 2.97. The highest BCUT2D eigenvalue weighted by Crippen LogP contribution is 2.61. The molecule has 0 amide bonds. The van der Waals surface area contributed by atoms with Crippen molar-refractivity contribution >= 4 is 9.84 Å². The van der Waals surface area contributed by atoms with E-state index in [1.807, 2.05) is 0 Å². The molecule has 106 valence electrons. The van der Waals surface area contributed by atoms with E-state index in [0.29, 0.717) is 5.56 Å². The summed E-state index contributed by atoms with van der Waals surface area (Å²) >= 11 is 0. The average molecular weight is 286 g/mol. The van der Waals surface area contributed by atoms with Crippen LogP contribution in [0.25, 0.3) is 0 Å². The first-order chi connectivity index (χ1) is 8.93. The number of nitrogens with two attached hydrogens (primary N) is 2. The van der Waals surface area contributed by atoms with Crippen LogP contribution in [0.1, 0.15) is 18.4 Å². The van der Waals surface area contributed by atoms with Gasteiger partial charge >= 0.3 is 0 Å². The van der Waals surface area contributed by atoms with Crippen molar-refractivity contribution in [3.05, 3.63) is 35.6 Å². The van der Waals surface area contributed by atoms with Gasteiger partial charge in [-0.1, -0.05) is 19.1 Å². The van der Waals surface area contributed by atoms with Gasteiger partial charge in [-0.15, -0.1) is 0 Å². The van der Waals surface area contributed by atoms with Gasteiger partial charge in [-0.3, -0.25) is 0 Å². The first-order valence-corrected chi connectivity index (χ1v) is 8.01. The summed E-state index contributed by atoms with van der Waals surface area (Å²) in [5.74, 6) is -0.631. The Morgan fingerprint density at radius 3 is 2.42 bits per heavy atom. The Labute approximate surface area is 112 Å². The van der Waals surface area contributed by atoms with Gasteiger partial charge in [0.05, 0.1) is 5.25 Å². The summed E-state index contributed by atoms with van der Waals surface area (Å²) in [7, 11) is -3.25. The highest BCUT2D eigenvalue weighted by atomic mass is 32.2. The van der Waals surface area contributed by atoms with E-state index in [1.165, 1.54) is 12.1 Å². The summed E-state index contributed by atoms with van der Waals surface area (Å²) in [6.07, 6.45) is 0. The summed E-state index contributed by atoms with van der Waals surface area (Å²) in [5.41, 5.74) is 11.5. The molecule has 0 radical (unpaired) electrons. The van der Waals surface area contributed by atoms with Crippen molar-refractivity contribution in [1.82, 2.24) is 0 Å². The Kier molecular flexibility index (Phi) is 3.68. The lowest BCUT2D eigenvalue weighted by Gasteiger charge is -2.12. The Balaban J connectivity index is 2.45. The topological polar surface area (TPSA) is 86.2 Å². The minimum atomic E-state index is -3.25. The lowest BCUT2D eigenvalue weighted by atomic mass is 9.99. The van der Waals surface area contributed by atoms with Crippen LogP contribution in [0, 0.1) is 11.2 Å². The van der Waals surface area contributed by atoms with Gasteiger partial charge in [0.25, 0.3) is 0 Å². The minimum absolute atomic E-state index is 0.0469. The molecule has 1 fully saturated rings. The zero-order valence-corrected chi connectivity index (χ0v) is 11.7. The van der Waals surface area contributed by atoms with Crippen molar-refractivity contribution < 1.29 is 12.8 Å². The van der Waals surface area contributed by atoms with Crippen LogP contribution in [0.2, 0.25) is 0 Å². The van der Waals surface area contributed by atoms with E-state index in [1.54, 1.807) is 19.1 Å². The van der Waals surface area contributed by atoms with Gasteiger partial charge in [-0.05, 0) is 17.7 Å². The summed E-state index contributed by atoms with van der Waals surface area (Å²) in [4.78, 5) is 0. The zero-order chi connectivity index (χ0) is 14.3. The maximum atomic E-state index is 13.3. The average Bonchev–Trinajstić information content (AvgIpc) is 3.09. The standard InChI is InChI=1S/C13H19FN2O2S/c1-2-19(17,18)12-11(13(12,7-15)8-16)9-4-3-5-10(14)6-9/h3-6,11-12H,2,7-8,15-16H2,1H3/t11-,12-/m0/s1. The van der Waals surface area contributed by atoms with E-state index in [-0.39, 0.29) is 30.6 Å². The third kappa shape index (κ3) is 2.17. The Morgan fingerprint density at radius 1 is 1.32 bits per heavy atom. The molecule has 0 aliphatic heterocycles. The van der Waals surface area contributed by atoms with Gasteiger partial charge in [0.2, 0.25) is 0 Å². The molecule has 4 N–H and O–H groups in total. The van der Waals surface area contributed by atoms with Crippen LogP contribution in [0.15, 0.2) is 24.3 Å². The zero-order valence-electron chi connectivity index (χ0n) is 10.8. The largest absolute Gasteiger partial charge is 0.330 e. The Hall–Kier alpha value is -0.980. The monoisotopic (exact) mass is 286 g/mol. The maximum Gasteiger partial charge on any atom is 0.154 e. The molecule has 0 aromatic heterocycles. The van der Waals surface area contributed by atoms with E-state index in [2.05, 4.69) is 0 Å². The Bertz CT molecular complexity index is 570. The number of rotatable bonds is 5. The van der Waals surface area contributed by atoms with E-state index in [4.69, 9.17) is 11.5 Å². The molecule has 1 aromatic carbocycles. The summed E-state index contributed by atoms with van der Waals surface area (Å²) in [5, 5.41) is -0.596. The predicted octanol–water partition coefficient (Wildman–Crippen LogP) is 0.630. The van der Waals surface area contributed by atoms with Crippen molar-refractivity contribution in [2.75, 3.05) is 18.8 Å². The van der Waals surface area contributed by atoms with Crippen LogP contribution in [-0.2, 0) is 9.84 Å². The molecule has 1 saturated carbocycles. The van der Waals surface area contributed by atoms with Crippen molar-refractivity contribution in [3.63, 3.8) is 0 Å². The molecule has 1 aromatic rings. The van der Waals surface area contributed by atoms with Gasteiger partial charge < -0.3 is 11.5 Å². The van der Waals surface area contributed by atoms with E-state index in [0.717, 1.165) is 0 Å². The third-order valence-electron chi connectivity index (χ3n) is 4.14. The molecule has 6 heteroatoms. The molecule has 2 rings (SSSR count). The molecule has 1 aliphatic rings. The van der Waals surface area contributed by atoms with Crippen LogP contribution in [-0.4, -0.2) is 32.5 Å². The quantitative estimate of drug-likeness (QED) is 0.831. The van der Waals surface area contributed by atoms with Gasteiger partial charge in [-0.2, -0.15) is 0 Å². The number of halogens is 1. The first-order valence-electron chi connectivity index (χ1n) is 6.30. The molecule has 0 bridgehead atoms. The fourth-order valence-corrected chi connectivity index (χ4v) is 5.15. The molecule has 1 aliphatic carbocycles. The van der Waals surface area contributed by atoms with Gasteiger partial charge in [0.15, 0.2) is 9.84 Å². The number of hydrogen-bond acceptors (Lipinski definition) is 4. The molecule has 4 nitrogen and oxygen atoms in total. The summed E-state index contributed by atoms with van der Waals surface area (Å²) < 4.78 is 37.6. The molecule has 0 spiro atoms. The second kappa shape index (κ2) is 4.85. The van der Waals surface area contributed by atoms with Crippen molar-refractivity contribution in [2.45, 2.75) is 18.1 Å². The van der Waals surface area contributed by atoms with E-state index >= 15 is 0 Å². The normalized spacial score (nSPS) is 25.3. The van der Waals surface area contributed by atoms with Gasteiger partial charge in [0, 0.05) is 30.2 Å². The van der Waals surface area contributed by atoms with E-state index < -0.39 is 20.5 Å². The lowest BCUT2D eigenvalue weighted by molar-refractivity contribution is 0.509. The van der Waals surface area contributed by atoms with Crippen LogP contribution in [0.5, 0.6) is 0 Å². The molecular weight excluding hydrogens is 267 g/mol. The van der Waals surface area contributed by atoms with Gasteiger partial charge in [-0.25, -0.2) is 12.8 Å². The number of benzene rings is 1. The lowest BCUT2D eigenvalue weighted by Crippen LogP contribution is -2.31. The summed E-state index contributed by atoms with van der Waals surface area (Å²) in [6.45, 7) is 1.98. The molecule has 19 heavy (non-hydrogen) atoms. The second-order valence-electron chi connectivity index (χ2n) is 5.05. The smallest absolute Gasteiger partial charge is 0.154 e. The molecule has 0 heterocycles. The molecule has 0 saturated heterocycles. The van der Waals surface area contributed by atoms with Gasteiger partial charge in [0.1, 0.15) is 5.82 Å². The fraction of sp³-hybridized carbons (Fsp3) is 0.538. The SMILES string of the molecule is CCS(=O)(=O)[C@H]1[C@H](c2cccc(F)c2)C1(CN)CN. The van der Waals surface area contributed by atoms with Crippen molar-refractivity contribution in [2.24, 2.45) is 16.9 Å². The number of hydrogen-bond donors (Lipinski definition) is 2. The third-order valence-corrected chi connectivity index (χ3v) is 6.46. The molecular formula is C13H19FN2O2S. The molecule has 2 atom stereocenters.